The van der Waals surface area contributed by atoms with Gasteiger partial charge in [-0.3, -0.25) is 4.72 Å². The molecule has 112 valence electrons. The van der Waals surface area contributed by atoms with E-state index in [-0.39, 0.29) is 0 Å². The fourth-order valence-corrected chi connectivity index (χ4v) is 3.81. The molecule has 2 rings (SSSR count). The Hall–Kier alpha value is -1.33. The van der Waals surface area contributed by atoms with Gasteiger partial charge in [0.2, 0.25) is 0 Å². The summed E-state index contributed by atoms with van der Waals surface area (Å²) in [6.45, 7) is 7.55. The SMILES string of the molecule is Cc1ccc(C)c(S(=O)(=O)Nc2cc(C)c(Br)c(C)c2)c1. The number of benzene rings is 2. The van der Waals surface area contributed by atoms with E-state index in [0.29, 0.717) is 10.6 Å². The Labute approximate surface area is 134 Å². The van der Waals surface area contributed by atoms with Crippen LogP contribution in [0.5, 0.6) is 0 Å². The molecule has 0 amide bonds. The smallest absolute Gasteiger partial charge is 0.262 e. The van der Waals surface area contributed by atoms with Crippen molar-refractivity contribution in [2.75, 3.05) is 4.72 Å². The van der Waals surface area contributed by atoms with Gasteiger partial charge in [0.05, 0.1) is 4.90 Å². The lowest BCUT2D eigenvalue weighted by Gasteiger charge is -2.13. The van der Waals surface area contributed by atoms with Crippen LogP contribution < -0.4 is 4.72 Å². The predicted octanol–water partition coefficient (Wildman–Crippen LogP) is 4.48. The van der Waals surface area contributed by atoms with Crippen LogP contribution in [0.15, 0.2) is 39.7 Å². The molecule has 0 heterocycles. The van der Waals surface area contributed by atoms with E-state index in [1.54, 1.807) is 13.0 Å². The number of rotatable bonds is 3. The number of hydrogen-bond acceptors (Lipinski definition) is 2. The third-order valence-corrected chi connectivity index (χ3v) is 6.10. The molecule has 0 spiro atoms. The zero-order chi connectivity index (χ0) is 15.8. The van der Waals surface area contributed by atoms with Gasteiger partial charge in [0.25, 0.3) is 10.0 Å². The van der Waals surface area contributed by atoms with Crippen LogP contribution in [0.1, 0.15) is 22.3 Å². The van der Waals surface area contributed by atoms with Crippen molar-refractivity contribution in [1.82, 2.24) is 0 Å². The maximum atomic E-state index is 12.6. The van der Waals surface area contributed by atoms with E-state index in [4.69, 9.17) is 0 Å². The molecule has 0 aliphatic rings. The molecule has 0 atom stereocenters. The first-order chi connectivity index (χ1) is 9.70. The third kappa shape index (κ3) is 3.47. The van der Waals surface area contributed by atoms with Gasteiger partial charge in [-0.2, -0.15) is 0 Å². The molecular weight excluding hydrogens is 350 g/mol. The van der Waals surface area contributed by atoms with Crippen molar-refractivity contribution in [1.29, 1.82) is 0 Å². The minimum atomic E-state index is -3.58. The van der Waals surface area contributed by atoms with Gasteiger partial charge in [0.15, 0.2) is 0 Å². The van der Waals surface area contributed by atoms with Gasteiger partial charge in [-0.1, -0.05) is 28.1 Å². The van der Waals surface area contributed by atoms with Crippen LogP contribution in [-0.2, 0) is 10.0 Å². The van der Waals surface area contributed by atoms with Gasteiger partial charge in [0.1, 0.15) is 0 Å². The number of hydrogen-bond donors (Lipinski definition) is 1. The normalized spacial score (nSPS) is 11.5. The fourth-order valence-electron chi connectivity index (χ4n) is 2.21. The number of nitrogens with one attached hydrogen (secondary N) is 1. The van der Waals surface area contributed by atoms with Crippen molar-refractivity contribution >= 4 is 31.6 Å². The van der Waals surface area contributed by atoms with Crippen LogP contribution in [0, 0.1) is 27.7 Å². The Balaban J connectivity index is 2.45. The van der Waals surface area contributed by atoms with Gasteiger partial charge in [-0.15, -0.1) is 0 Å². The summed E-state index contributed by atoms with van der Waals surface area (Å²) in [6, 6.07) is 9.06. The molecule has 0 aliphatic heterocycles. The summed E-state index contributed by atoms with van der Waals surface area (Å²) in [4.78, 5) is 0.320. The lowest BCUT2D eigenvalue weighted by molar-refractivity contribution is 0.600. The summed E-state index contributed by atoms with van der Waals surface area (Å²) in [7, 11) is -3.58. The van der Waals surface area contributed by atoms with Gasteiger partial charge in [-0.05, 0) is 68.1 Å². The molecule has 0 saturated heterocycles. The zero-order valence-corrected chi connectivity index (χ0v) is 14.9. The Kier molecular flexibility index (Phi) is 4.44. The van der Waals surface area contributed by atoms with Crippen molar-refractivity contribution in [2.24, 2.45) is 0 Å². The average molecular weight is 368 g/mol. The summed E-state index contributed by atoms with van der Waals surface area (Å²) in [6.07, 6.45) is 0. The quantitative estimate of drug-likeness (QED) is 0.868. The topological polar surface area (TPSA) is 46.2 Å². The molecule has 3 nitrogen and oxygen atoms in total. The van der Waals surface area contributed by atoms with Crippen LogP contribution in [0.3, 0.4) is 0 Å². The van der Waals surface area contributed by atoms with Crippen molar-refractivity contribution < 1.29 is 8.42 Å². The minimum absolute atomic E-state index is 0.320. The molecule has 0 radical (unpaired) electrons. The molecule has 1 N–H and O–H groups in total. The summed E-state index contributed by atoms with van der Waals surface area (Å²) < 4.78 is 28.8. The van der Waals surface area contributed by atoms with E-state index in [2.05, 4.69) is 20.7 Å². The van der Waals surface area contributed by atoms with E-state index in [0.717, 1.165) is 26.7 Å². The van der Waals surface area contributed by atoms with Crippen LogP contribution in [-0.4, -0.2) is 8.42 Å². The molecular formula is C16H18BrNO2S. The second-order valence-electron chi connectivity index (χ2n) is 5.30. The van der Waals surface area contributed by atoms with E-state index in [1.165, 1.54) is 0 Å². The monoisotopic (exact) mass is 367 g/mol. The number of aryl methyl sites for hydroxylation is 4. The zero-order valence-electron chi connectivity index (χ0n) is 12.5. The van der Waals surface area contributed by atoms with E-state index in [1.807, 2.05) is 45.0 Å². The second kappa shape index (κ2) is 5.81. The van der Waals surface area contributed by atoms with Crippen molar-refractivity contribution in [3.8, 4) is 0 Å². The third-order valence-electron chi connectivity index (χ3n) is 3.32. The molecule has 21 heavy (non-hydrogen) atoms. The van der Waals surface area contributed by atoms with E-state index >= 15 is 0 Å². The second-order valence-corrected chi connectivity index (χ2v) is 7.74. The molecule has 5 heteroatoms. The first-order valence-electron chi connectivity index (χ1n) is 6.57. The van der Waals surface area contributed by atoms with Gasteiger partial charge < -0.3 is 0 Å². The maximum absolute atomic E-state index is 12.6. The highest BCUT2D eigenvalue weighted by atomic mass is 79.9. The molecule has 0 fully saturated rings. The summed E-state index contributed by atoms with van der Waals surface area (Å²) in [5.74, 6) is 0. The molecule has 0 aromatic heterocycles. The maximum Gasteiger partial charge on any atom is 0.262 e. The summed E-state index contributed by atoms with van der Waals surface area (Å²) in [5.41, 5.74) is 4.22. The number of anilines is 1. The highest BCUT2D eigenvalue weighted by Gasteiger charge is 2.17. The van der Waals surface area contributed by atoms with Crippen LogP contribution in [0.4, 0.5) is 5.69 Å². The number of sulfonamides is 1. The van der Waals surface area contributed by atoms with E-state index < -0.39 is 10.0 Å². The van der Waals surface area contributed by atoms with Crippen LogP contribution in [0.2, 0.25) is 0 Å². The lowest BCUT2D eigenvalue weighted by atomic mass is 10.1. The first-order valence-corrected chi connectivity index (χ1v) is 8.85. The Bertz CT molecular complexity index is 775. The van der Waals surface area contributed by atoms with Crippen molar-refractivity contribution in [3.63, 3.8) is 0 Å². The molecule has 0 bridgehead atoms. The largest absolute Gasteiger partial charge is 0.280 e. The molecule has 2 aromatic carbocycles. The molecule has 0 saturated carbocycles. The van der Waals surface area contributed by atoms with Crippen LogP contribution >= 0.6 is 15.9 Å². The van der Waals surface area contributed by atoms with Crippen molar-refractivity contribution in [2.45, 2.75) is 32.6 Å². The average Bonchev–Trinajstić information content (AvgIpc) is 2.38. The van der Waals surface area contributed by atoms with Gasteiger partial charge in [-0.25, -0.2) is 8.42 Å². The number of halogens is 1. The Morgan fingerprint density at radius 1 is 0.905 bits per heavy atom. The summed E-state index contributed by atoms with van der Waals surface area (Å²) in [5, 5.41) is 0. The molecule has 0 unspecified atom stereocenters. The minimum Gasteiger partial charge on any atom is -0.280 e. The fraction of sp³-hybridized carbons (Fsp3) is 0.250. The predicted molar refractivity (Wildman–Crippen MR) is 90.3 cm³/mol. The van der Waals surface area contributed by atoms with Crippen LogP contribution in [0.25, 0.3) is 0 Å². The van der Waals surface area contributed by atoms with Gasteiger partial charge >= 0.3 is 0 Å². The Morgan fingerprint density at radius 3 is 2.05 bits per heavy atom. The van der Waals surface area contributed by atoms with Gasteiger partial charge in [0, 0.05) is 10.2 Å². The molecule has 0 aliphatic carbocycles. The lowest BCUT2D eigenvalue weighted by Crippen LogP contribution is -2.14. The first kappa shape index (κ1) is 16.0. The standard InChI is InChI=1S/C16H18BrNO2S/c1-10-5-6-11(2)15(7-10)21(19,20)18-14-8-12(3)16(17)13(4)9-14/h5-9,18H,1-4H3. The van der Waals surface area contributed by atoms with E-state index in [9.17, 15) is 8.42 Å². The highest BCUT2D eigenvalue weighted by molar-refractivity contribution is 9.10. The van der Waals surface area contributed by atoms with Crippen molar-refractivity contribution in [3.05, 3.63) is 57.1 Å². The molecule has 2 aromatic rings. The highest BCUT2D eigenvalue weighted by Crippen LogP contribution is 2.27. The Morgan fingerprint density at radius 2 is 1.48 bits per heavy atom. The summed E-state index contributed by atoms with van der Waals surface area (Å²) >= 11 is 3.48.